The Kier molecular flexibility index (Phi) is 1.16. The van der Waals surface area contributed by atoms with Gasteiger partial charge in [0.2, 0.25) is 0 Å². The summed E-state index contributed by atoms with van der Waals surface area (Å²) in [7, 11) is -1.32. The summed E-state index contributed by atoms with van der Waals surface area (Å²) in [6.07, 6.45) is 9.55. The summed E-state index contributed by atoms with van der Waals surface area (Å²) in [4.78, 5) is 1.65. The van der Waals surface area contributed by atoms with Crippen LogP contribution in [0, 0.1) is 0 Å². The highest BCUT2D eigenvalue weighted by atomic mass is 32.3. The van der Waals surface area contributed by atoms with E-state index in [9.17, 15) is 0 Å². The van der Waals surface area contributed by atoms with Gasteiger partial charge >= 0.3 is 0 Å². The average Bonchev–Trinajstić information content (AvgIpc) is 2.04. The molecule has 0 spiro atoms. The summed E-state index contributed by atoms with van der Waals surface area (Å²) in [5.74, 6) is 0. The Morgan fingerprint density at radius 2 is 1.79 bits per heavy atom. The molecule has 3 rings (SSSR count). The average molecular weight is 204 g/mol. The third-order valence-corrected chi connectivity index (χ3v) is 6.24. The minimum atomic E-state index is -1.32. The summed E-state index contributed by atoms with van der Waals surface area (Å²) in [5.41, 5.74) is 2.95. The number of fused-ring (bicyclic) bond motifs is 3. The van der Waals surface area contributed by atoms with Crippen LogP contribution in [0.3, 0.4) is 0 Å². The molecule has 0 aromatic heterocycles. The van der Waals surface area contributed by atoms with Gasteiger partial charge in [0.25, 0.3) is 0 Å². The van der Waals surface area contributed by atoms with Gasteiger partial charge in [-0.15, -0.1) is 0 Å². The topological polar surface area (TPSA) is 0 Å². The van der Waals surface area contributed by atoms with E-state index < -0.39 is 8.75 Å². The molecule has 0 saturated carbocycles. The molecule has 14 heavy (non-hydrogen) atoms. The van der Waals surface area contributed by atoms with Gasteiger partial charge in [0.1, 0.15) is 0 Å². The number of hydrogen-bond donors (Lipinski definition) is 0. The van der Waals surface area contributed by atoms with Crippen molar-refractivity contribution >= 4 is 25.8 Å². The van der Waals surface area contributed by atoms with E-state index in [2.05, 4.69) is 49.3 Å². The van der Waals surface area contributed by atoms with Crippen LogP contribution in [0.15, 0.2) is 17.0 Å². The Morgan fingerprint density at radius 3 is 2.29 bits per heavy atom. The first-order valence-electron chi connectivity index (χ1n) is 4.94. The van der Waals surface area contributed by atoms with Gasteiger partial charge in [0.15, 0.2) is 0 Å². The van der Waals surface area contributed by atoms with Crippen LogP contribution in [-0.2, 0) is 0 Å². The van der Waals surface area contributed by atoms with Crippen LogP contribution in [0.5, 0.6) is 0 Å². The molecule has 2 aliphatic rings. The molecule has 1 heteroatoms. The molecule has 1 aliphatic heterocycles. The van der Waals surface area contributed by atoms with Gasteiger partial charge in [-0.2, -0.15) is 0 Å². The van der Waals surface area contributed by atoms with E-state index in [0.29, 0.717) is 0 Å². The van der Waals surface area contributed by atoms with Crippen LogP contribution in [-0.4, -0.2) is 24.1 Å². The van der Waals surface area contributed by atoms with Gasteiger partial charge in [-0.1, -0.05) is 18.2 Å². The van der Waals surface area contributed by atoms with Crippen molar-refractivity contribution in [1.82, 2.24) is 0 Å². The standard InChI is InChI=1S/C13H16S/c1-9-7-10-5-6-11-8-14(2,3,4)13(11)12(9)10/h5-8H,1-4H3. The molecule has 1 heterocycles. The minimum absolute atomic E-state index is 1.32. The molecule has 1 aliphatic carbocycles. The Bertz CT molecular complexity index is 640. The Labute approximate surface area is 84.8 Å². The lowest BCUT2D eigenvalue weighted by Gasteiger charge is -2.48. The maximum atomic E-state index is 2.48. The summed E-state index contributed by atoms with van der Waals surface area (Å²) >= 11 is 0. The second-order valence-corrected chi connectivity index (χ2v) is 11.5. The summed E-state index contributed by atoms with van der Waals surface area (Å²) in [5, 5.41) is 5.49. The third kappa shape index (κ3) is 0.795. The maximum absolute atomic E-state index is 2.48. The molecule has 0 nitrogen and oxygen atoms in total. The molecular formula is C13H16S. The molecular weight excluding hydrogens is 188 g/mol. The van der Waals surface area contributed by atoms with Crippen LogP contribution >= 0.6 is 8.75 Å². The zero-order chi connectivity index (χ0) is 10.2. The number of rotatable bonds is 0. The molecule has 0 atom stereocenters. The van der Waals surface area contributed by atoms with E-state index >= 15 is 0 Å². The molecule has 0 amide bonds. The largest absolute Gasteiger partial charge is 0.227 e. The van der Waals surface area contributed by atoms with Crippen LogP contribution in [0.25, 0.3) is 11.6 Å². The van der Waals surface area contributed by atoms with Crippen molar-refractivity contribution in [2.45, 2.75) is 11.8 Å². The van der Waals surface area contributed by atoms with Crippen LogP contribution in [0.4, 0.5) is 0 Å². The van der Waals surface area contributed by atoms with Gasteiger partial charge in [0.05, 0.1) is 0 Å². The Hall–Kier alpha value is -0.820. The number of hydrogen-bond acceptors (Lipinski definition) is 0. The zero-order valence-electron chi connectivity index (χ0n) is 9.22. The fourth-order valence-corrected chi connectivity index (χ4v) is 5.69. The summed E-state index contributed by atoms with van der Waals surface area (Å²) in [6.45, 7) is 2.23. The highest BCUT2D eigenvalue weighted by Gasteiger charge is 2.31. The smallest absolute Gasteiger partial charge is 0.00199 e. The van der Waals surface area contributed by atoms with Crippen LogP contribution < -0.4 is 10.4 Å². The van der Waals surface area contributed by atoms with Crippen molar-refractivity contribution in [2.75, 3.05) is 18.8 Å². The number of benzene rings is 1. The fourth-order valence-electron chi connectivity index (χ4n) is 2.69. The van der Waals surface area contributed by atoms with Crippen LogP contribution in [0.2, 0.25) is 0 Å². The van der Waals surface area contributed by atoms with Crippen LogP contribution in [0.1, 0.15) is 12.5 Å². The molecule has 1 aromatic rings. The maximum Gasteiger partial charge on any atom is 0.00199 e. The Balaban J connectivity index is 2.54. The van der Waals surface area contributed by atoms with Crippen molar-refractivity contribution in [1.29, 1.82) is 0 Å². The molecule has 0 radical (unpaired) electrons. The lowest BCUT2D eigenvalue weighted by atomic mass is 9.99. The van der Waals surface area contributed by atoms with Gasteiger partial charge in [0, 0.05) is 4.90 Å². The highest BCUT2D eigenvalue weighted by Crippen LogP contribution is 2.61. The van der Waals surface area contributed by atoms with Gasteiger partial charge < -0.3 is 0 Å². The lowest BCUT2D eigenvalue weighted by Crippen LogP contribution is -2.42. The Morgan fingerprint density at radius 1 is 1.07 bits per heavy atom. The first-order valence-corrected chi connectivity index (χ1v) is 8.27. The first kappa shape index (κ1) is 8.49. The fraction of sp³-hybridized carbons (Fsp3) is 0.308. The molecule has 0 bridgehead atoms. The normalized spacial score (nSPS) is 26.3. The van der Waals surface area contributed by atoms with E-state index in [-0.39, 0.29) is 0 Å². The van der Waals surface area contributed by atoms with Crippen molar-refractivity contribution in [3.63, 3.8) is 0 Å². The SMILES string of the molecule is CC1=c2c3c(ccc2=C1)C=S3(C)(C)C. The van der Waals surface area contributed by atoms with Crippen molar-refractivity contribution in [2.24, 2.45) is 0 Å². The monoisotopic (exact) mass is 204 g/mol. The second kappa shape index (κ2) is 1.92. The van der Waals surface area contributed by atoms with E-state index in [1.54, 1.807) is 10.1 Å². The molecule has 0 saturated heterocycles. The summed E-state index contributed by atoms with van der Waals surface area (Å²) < 4.78 is 0. The van der Waals surface area contributed by atoms with E-state index in [1.165, 1.54) is 16.4 Å². The van der Waals surface area contributed by atoms with Gasteiger partial charge in [-0.05, 0) is 52.6 Å². The van der Waals surface area contributed by atoms with Crippen molar-refractivity contribution in [3.8, 4) is 0 Å². The molecule has 1 aromatic carbocycles. The van der Waals surface area contributed by atoms with Gasteiger partial charge in [-0.25, -0.2) is 8.75 Å². The predicted molar refractivity (Wildman–Crippen MR) is 68.0 cm³/mol. The lowest BCUT2D eigenvalue weighted by molar-refractivity contribution is 1.24. The minimum Gasteiger partial charge on any atom is -0.227 e. The molecule has 0 fully saturated rings. The molecule has 0 unspecified atom stereocenters. The zero-order valence-corrected chi connectivity index (χ0v) is 10.0. The quantitative estimate of drug-likeness (QED) is 0.561. The predicted octanol–water partition coefficient (Wildman–Crippen LogP) is 1.40. The first-order chi connectivity index (χ1) is 6.37. The van der Waals surface area contributed by atoms with Crippen molar-refractivity contribution < 1.29 is 0 Å². The molecule has 0 N–H and O–H groups in total. The second-order valence-electron chi connectivity index (χ2n) is 5.56. The van der Waals surface area contributed by atoms with Crippen molar-refractivity contribution in [3.05, 3.63) is 28.1 Å². The highest BCUT2D eigenvalue weighted by molar-refractivity contribution is 8.47. The van der Waals surface area contributed by atoms with E-state index in [4.69, 9.17) is 0 Å². The van der Waals surface area contributed by atoms with E-state index in [0.717, 1.165) is 0 Å². The van der Waals surface area contributed by atoms with Gasteiger partial charge in [-0.3, -0.25) is 0 Å². The van der Waals surface area contributed by atoms with E-state index in [1.807, 2.05) is 0 Å². The summed E-state index contributed by atoms with van der Waals surface area (Å²) in [6, 6.07) is 4.52. The third-order valence-electron chi connectivity index (χ3n) is 3.26. The molecule has 74 valence electrons.